The average Bonchev–Trinajstić information content (AvgIpc) is 2.31. The lowest BCUT2D eigenvalue weighted by atomic mass is 9.85. The minimum atomic E-state index is 0.333. The van der Waals surface area contributed by atoms with Crippen molar-refractivity contribution in [2.24, 2.45) is 5.16 Å². The molecule has 0 aromatic heterocycles. The summed E-state index contributed by atoms with van der Waals surface area (Å²) in [6.45, 7) is 4.53. The molecular formula is C12H17NO3S. The minimum absolute atomic E-state index is 0.333. The molecule has 0 saturated carbocycles. The third-order valence-corrected chi connectivity index (χ3v) is 3.05. The first-order chi connectivity index (χ1) is 8.13. The molecule has 0 aliphatic heterocycles. The van der Waals surface area contributed by atoms with Crippen LogP contribution in [-0.4, -0.2) is 25.7 Å². The van der Waals surface area contributed by atoms with Crippen molar-refractivity contribution in [3.05, 3.63) is 22.3 Å². The number of aldehydes is 1. The monoisotopic (exact) mass is 255 g/mol. The lowest BCUT2D eigenvalue weighted by Gasteiger charge is -2.21. The van der Waals surface area contributed by atoms with Crippen molar-refractivity contribution in [1.82, 2.24) is 0 Å². The van der Waals surface area contributed by atoms with Gasteiger partial charge in [-0.25, -0.2) is 0 Å². The van der Waals surface area contributed by atoms with Gasteiger partial charge in [-0.3, -0.25) is 4.79 Å². The number of hydrogen-bond acceptors (Lipinski definition) is 5. The summed E-state index contributed by atoms with van der Waals surface area (Å²) >= 11 is 3.76. The van der Waals surface area contributed by atoms with E-state index >= 15 is 0 Å². The molecule has 1 aliphatic rings. The fourth-order valence-electron chi connectivity index (χ4n) is 1.85. The van der Waals surface area contributed by atoms with E-state index in [1.807, 2.05) is 0 Å². The Kier molecular flexibility index (Phi) is 5.44. The number of thiol groups is 1. The minimum Gasteiger partial charge on any atom is -0.399 e. The lowest BCUT2D eigenvalue weighted by Crippen LogP contribution is -2.15. The van der Waals surface area contributed by atoms with Crippen molar-refractivity contribution in [3.63, 3.8) is 0 Å². The fourth-order valence-corrected chi connectivity index (χ4v) is 2.01. The molecule has 0 heterocycles. The predicted octanol–water partition coefficient (Wildman–Crippen LogP) is 2.48. The van der Waals surface area contributed by atoms with Crippen LogP contribution in [0.25, 0.3) is 0 Å². The SMILES string of the molecule is CO/N=C(\C=O)C1=C(COS)CC(C)=C(C)C1. The Morgan fingerprint density at radius 2 is 2.06 bits per heavy atom. The highest BCUT2D eigenvalue weighted by Crippen LogP contribution is 2.30. The zero-order valence-electron chi connectivity index (χ0n) is 10.3. The van der Waals surface area contributed by atoms with Crippen LogP contribution in [0.3, 0.4) is 0 Å². The molecule has 1 aliphatic carbocycles. The second-order valence-electron chi connectivity index (χ2n) is 4.05. The molecule has 17 heavy (non-hydrogen) atoms. The third kappa shape index (κ3) is 3.44. The molecule has 0 atom stereocenters. The molecule has 0 radical (unpaired) electrons. The Bertz CT molecular complexity index is 397. The van der Waals surface area contributed by atoms with E-state index in [-0.39, 0.29) is 0 Å². The van der Waals surface area contributed by atoms with E-state index in [0.717, 1.165) is 17.6 Å². The molecule has 1 rings (SSSR count). The molecule has 0 unspecified atom stereocenters. The van der Waals surface area contributed by atoms with Crippen LogP contribution in [0.1, 0.15) is 26.7 Å². The first kappa shape index (κ1) is 14.0. The molecule has 5 heteroatoms. The van der Waals surface area contributed by atoms with Gasteiger partial charge in [-0.05, 0) is 50.7 Å². The fraction of sp³-hybridized carbons (Fsp3) is 0.500. The van der Waals surface area contributed by atoms with Crippen molar-refractivity contribution in [2.75, 3.05) is 13.7 Å². The van der Waals surface area contributed by atoms with Crippen LogP contribution in [0.2, 0.25) is 0 Å². The van der Waals surface area contributed by atoms with Gasteiger partial charge in [0.15, 0.2) is 6.29 Å². The van der Waals surface area contributed by atoms with E-state index in [4.69, 9.17) is 4.18 Å². The van der Waals surface area contributed by atoms with Crippen molar-refractivity contribution >= 4 is 24.9 Å². The Morgan fingerprint density at radius 1 is 1.41 bits per heavy atom. The molecule has 0 N–H and O–H groups in total. The van der Waals surface area contributed by atoms with E-state index in [2.05, 4.69) is 36.8 Å². The Morgan fingerprint density at radius 3 is 2.59 bits per heavy atom. The maximum atomic E-state index is 11.0. The molecule has 0 bridgehead atoms. The van der Waals surface area contributed by atoms with Gasteiger partial charge in [0.2, 0.25) is 0 Å². The van der Waals surface area contributed by atoms with Crippen LogP contribution in [0.4, 0.5) is 0 Å². The Balaban J connectivity index is 3.09. The number of rotatable bonds is 5. The van der Waals surface area contributed by atoms with E-state index < -0.39 is 0 Å². The highest BCUT2D eigenvalue weighted by molar-refractivity contribution is 7.75. The van der Waals surface area contributed by atoms with Crippen molar-refractivity contribution in [1.29, 1.82) is 0 Å². The summed E-state index contributed by atoms with van der Waals surface area (Å²) in [5.41, 5.74) is 4.81. The van der Waals surface area contributed by atoms with Crippen molar-refractivity contribution in [2.45, 2.75) is 26.7 Å². The number of carbonyl (C=O) groups excluding carboxylic acids is 1. The molecule has 0 fully saturated rings. The van der Waals surface area contributed by atoms with Crippen LogP contribution in [0.5, 0.6) is 0 Å². The maximum Gasteiger partial charge on any atom is 0.172 e. The van der Waals surface area contributed by atoms with E-state index in [1.165, 1.54) is 18.3 Å². The summed E-state index contributed by atoms with van der Waals surface area (Å²) in [5, 5.41) is 3.75. The number of nitrogens with zero attached hydrogens (tertiary/aromatic N) is 1. The highest BCUT2D eigenvalue weighted by Gasteiger charge is 2.20. The molecular weight excluding hydrogens is 238 g/mol. The Labute approximate surface area is 107 Å². The molecule has 0 saturated heterocycles. The third-order valence-electron chi connectivity index (χ3n) is 2.93. The van der Waals surface area contributed by atoms with Gasteiger partial charge in [0.1, 0.15) is 12.8 Å². The molecule has 0 aromatic carbocycles. The van der Waals surface area contributed by atoms with Gasteiger partial charge >= 0.3 is 0 Å². The van der Waals surface area contributed by atoms with Crippen molar-refractivity contribution in [3.8, 4) is 0 Å². The van der Waals surface area contributed by atoms with E-state index in [9.17, 15) is 4.79 Å². The second kappa shape index (κ2) is 6.61. The largest absolute Gasteiger partial charge is 0.399 e. The van der Waals surface area contributed by atoms with Gasteiger partial charge in [-0.15, -0.1) is 0 Å². The van der Waals surface area contributed by atoms with Crippen LogP contribution >= 0.6 is 12.9 Å². The number of carbonyl (C=O) groups is 1. The maximum absolute atomic E-state index is 11.0. The summed E-state index contributed by atoms with van der Waals surface area (Å²) in [6.07, 6.45) is 2.21. The van der Waals surface area contributed by atoms with Crippen LogP contribution in [-0.2, 0) is 13.8 Å². The lowest BCUT2D eigenvalue weighted by molar-refractivity contribution is -0.102. The molecule has 0 aromatic rings. The summed E-state index contributed by atoms with van der Waals surface area (Å²) in [4.78, 5) is 15.7. The van der Waals surface area contributed by atoms with Gasteiger partial charge in [-0.2, -0.15) is 0 Å². The normalized spacial score (nSPS) is 17.5. The van der Waals surface area contributed by atoms with E-state index in [1.54, 1.807) is 0 Å². The topological polar surface area (TPSA) is 47.9 Å². The second-order valence-corrected chi connectivity index (χ2v) is 4.30. The smallest absolute Gasteiger partial charge is 0.172 e. The summed E-state index contributed by atoms with van der Waals surface area (Å²) in [5.74, 6) is 0. The van der Waals surface area contributed by atoms with E-state index in [0.29, 0.717) is 25.0 Å². The van der Waals surface area contributed by atoms with Gasteiger partial charge in [-0.1, -0.05) is 16.3 Å². The van der Waals surface area contributed by atoms with Crippen LogP contribution in [0, 0.1) is 0 Å². The summed E-state index contributed by atoms with van der Waals surface area (Å²) in [6, 6.07) is 0. The first-order valence-electron chi connectivity index (χ1n) is 5.33. The zero-order valence-corrected chi connectivity index (χ0v) is 11.2. The standard InChI is InChI=1S/C12H17NO3S/c1-8-4-10(7-16-17)11(5-9(8)2)12(6-14)13-15-3/h6,17H,4-5,7H2,1-3H3/b13-12+. The van der Waals surface area contributed by atoms with Crippen LogP contribution < -0.4 is 0 Å². The Hall–Kier alpha value is -1.07. The van der Waals surface area contributed by atoms with Gasteiger partial charge in [0.05, 0.1) is 6.61 Å². The molecule has 0 spiro atoms. The zero-order chi connectivity index (χ0) is 12.8. The predicted molar refractivity (Wildman–Crippen MR) is 70.1 cm³/mol. The summed E-state index contributed by atoms with van der Waals surface area (Å²) < 4.78 is 4.87. The number of hydrogen-bond donors (Lipinski definition) is 1. The van der Waals surface area contributed by atoms with Crippen molar-refractivity contribution < 1.29 is 13.8 Å². The number of allylic oxidation sites excluding steroid dienone is 3. The highest BCUT2D eigenvalue weighted by atomic mass is 32.1. The average molecular weight is 255 g/mol. The van der Waals surface area contributed by atoms with Crippen LogP contribution in [0.15, 0.2) is 27.4 Å². The molecule has 4 nitrogen and oxygen atoms in total. The molecule has 94 valence electrons. The summed E-state index contributed by atoms with van der Waals surface area (Å²) in [7, 11) is 1.43. The first-order valence-corrected chi connectivity index (χ1v) is 5.69. The quantitative estimate of drug-likeness (QED) is 0.205. The van der Waals surface area contributed by atoms with Gasteiger partial charge in [0.25, 0.3) is 0 Å². The van der Waals surface area contributed by atoms with Gasteiger partial charge < -0.3 is 9.02 Å². The van der Waals surface area contributed by atoms with Gasteiger partial charge in [0, 0.05) is 0 Å². The number of oxime groups is 1. The molecule has 0 amide bonds.